The number of benzene rings is 2. The number of pyridine rings is 1. The Bertz CT molecular complexity index is 1620. The minimum Gasteiger partial charge on any atom is -0.378 e. The topological polar surface area (TPSA) is 22.7 Å². The number of allylic oxidation sites excluding steroid dienone is 4. The largest absolute Gasteiger partial charge is 0.378 e. The van der Waals surface area contributed by atoms with Gasteiger partial charge in [-0.2, -0.15) is 0 Å². The van der Waals surface area contributed by atoms with Crippen molar-refractivity contribution >= 4 is 57.4 Å². The highest BCUT2D eigenvalue weighted by Gasteiger charge is 2.16. The van der Waals surface area contributed by atoms with Gasteiger partial charge in [0.1, 0.15) is 6.54 Å². The molecule has 0 saturated heterocycles. The Hall–Kier alpha value is -3.56. The van der Waals surface area contributed by atoms with Crippen LogP contribution in [0.1, 0.15) is 42.4 Å². The second-order valence-corrected chi connectivity index (χ2v) is 18.5. The van der Waals surface area contributed by atoms with E-state index >= 15 is 0 Å². The molecule has 2 aromatic carbocycles. The number of unbranched alkanes of at least 4 members (excludes halogenated alkanes) is 2. The molecule has 3 rings (SSSR count). The lowest BCUT2D eigenvalue weighted by atomic mass is 10.1. The first-order valence-electron chi connectivity index (χ1n) is 19.5. The first-order chi connectivity index (χ1) is 25.9. The minimum absolute atomic E-state index is 0.868. The van der Waals surface area contributed by atoms with E-state index in [-0.39, 0.29) is 0 Å². The fourth-order valence-corrected chi connectivity index (χ4v) is 8.30. The van der Waals surface area contributed by atoms with Crippen molar-refractivity contribution in [1.82, 2.24) is 0 Å². The third kappa shape index (κ3) is 18.7. The maximum absolute atomic E-state index is 4.63. The second-order valence-electron chi connectivity index (χ2n) is 15.8. The van der Waals surface area contributed by atoms with Gasteiger partial charge in [-0.05, 0) is 65.4 Å². The van der Waals surface area contributed by atoms with Crippen molar-refractivity contribution in [2.24, 2.45) is 4.99 Å². The van der Waals surface area contributed by atoms with Crippen molar-refractivity contribution in [2.75, 3.05) is 110 Å². The van der Waals surface area contributed by atoms with Gasteiger partial charge in [0.2, 0.25) is 0 Å². The van der Waals surface area contributed by atoms with Gasteiger partial charge in [0.25, 0.3) is 0 Å². The maximum Gasteiger partial charge on any atom is 0.169 e. The molecule has 54 heavy (non-hydrogen) atoms. The molecule has 0 amide bonds. The van der Waals surface area contributed by atoms with E-state index in [1.54, 1.807) is 0 Å². The molecular formula is C46H69N6S2+3. The average Bonchev–Trinajstić information content (AvgIpc) is 3.15. The first-order valence-corrected chi connectivity index (χ1v) is 22.0. The summed E-state index contributed by atoms with van der Waals surface area (Å²) < 4.78 is 4.48. The first kappa shape index (κ1) is 44.8. The molecule has 0 bridgehead atoms. The van der Waals surface area contributed by atoms with E-state index < -0.39 is 0 Å². The highest BCUT2D eigenvalue weighted by atomic mass is 33.1. The summed E-state index contributed by atoms with van der Waals surface area (Å²) >= 11 is 0. The lowest BCUT2D eigenvalue weighted by Crippen LogP contribution is -2.43. The van der Waals surface area contributed by atoms with Gasteiger partial charge in [0.15, 0.2) is 12.4 Å². The standard InChI is InChI=1S/C46H69N6S2/c1-10-41(15-16-42-19-23-45(24-20-42)48(2)3)27-31-47-30-11-13-35-51(6,7)37-39-53-54-40-38-52(8,9)36-14-12-32-50-33-28-44(29-34-50)18-17-43-21-25-46(26-22-43)49(4)5/h10,15-29,31,33-34H,1,11-14,30,32,35-40H2,2-9H3/q+3. The summed E-state index contributed by atoms with van der Waals surface area (Å²) in [6.45, 7) is 10.7. The predicted octanol–water partition coefficient (Wildman–Crippen LogP) is 9.27. The molecule has 0 spiro atoms. The summed E-state index contributed by atoms with van der Waals surface area (Å²) in [5.74, 6) is 2.40. The number of hydrogen-bond donors (Lipinski definition) is 0. The molecule has 0 radical (unpaired) electrons. The minimum atomic E-state index is 0.868. The molecule has 0 aliphatic carbocycles. The monoisotopic (exact) mass is 770 g/mol. The molecule has 0 aliphatic rings. The van der Waals surface area contributed by atoms with Crippen LogP contribution in [-0.2, 0) is 6.54 Å². The molecule has 3 aromatic rings. The summed E-state index contributed by atoms with van der Waals surface area (Å²) in [4.78, 5) is 8.86. The smallest absolute Gasteiger partial charge is 0.169 e. The number of quaternary nitrogens is 2. The van der Waals surface area contributed by atoms with Crippen molar-refractivity contribution in [1.29, 1.82) is 0 Å². The van der Waals surface area contributed by atoms with Crippen LogP contribution in [-0.4, -0.2) is 116 Å². The van der Waals surface area contributed by atoms with Crippen molar-refractivity contribution in [3.05, 3.63) is 120 Å². The van der Waals surface area contributed by atoms with Crippen LogP contribution < -0.4 is 14.4 Å². The molecule has 292 valence electrons. The molecule has 0 fully saturated rings. The van der Waals surface area contributed by atoms with E-state index in [1.807, 2.05) is 40.0 Å². The summed E-state index contributed by atoms with van der Waals surface area (Å²) in [5.41, 5.74) is 7.11. The van der Waals surface area contributed by atoms with Gasteiger partial charge in [-0.3, -0.25) is 4.99 Å². The normalized spacial score (nSPS) is 12.7. The number of aryl methyl sites for hydroxylation is 1. The molecular weight excluding hydrogens is 701 g/mol. The lowest BCUT2D eigenvalue weighted by molar-refractivity contribution is -0.888. The van der Waals surface area contributed by atoms with E-state index in [0.717, 1.165) is 34.0 Å². The van der Waals surface area contributed by atoms with Crippen LogP contribution in [0.25, 0.3) is 18.2 Å². The quantitative estimate of drug-likeness (QED) is 0.0214. The Morgan fingerprint density at radius 3 is 1.63 bits per heavy atom. The van der Waals surface area contributed by atoms with Crippen LogP contribution in [0.15, 0.2) is 108 Å². The molecule has 0 aliphatic heterocycles. The molecule has 6 nitrogen and oxygen atoms in total. The number of aliphatic imine (C=N–C) groups is 1. The number of aromatic nitrogens is 1. The second kappa shape index (κ2) is 24.1. The highest BCUT2D eigenvalue weighted by molar-refractivity contribution is 8.76. The van der Waals surface area contributed by atoms with Gasteiger partial charge in [0, 0.05) is 77.3 Å². The van der Waals surface area contributed by atoms with Crippen molar-refractivity contribution < 1.29 is 13.5 Å². The summed E-state index contributed by atoms with van der Waals surface area (Å²) in [7, 11) is 21.8. The lowest BCUT2D eigenvalue weighted by Gasteiger charge is -2.30. The molecule has 0 atom stereocenters. The van der Waals surface area contributed by atoms with Crippen molar-refractivity contribution in [3.8, 4) is 0 Å². The van der Waals surface area contributed by atoms with Crippen LogP contribution in [0.4, 0.5) is 11.4 Å². The van der Waals surface area contributed by atoms with E-state index in [1.165, 1.54) is 85.0 Å². The van der Waals surface area contributed by atoms with E-state index in [2.05, 4.69) is 180 Å². The van der Waals surface area contributed by atoms with Gasteiger partial charge >= 0.3 is 0 Å². The number of hydrogen-bond acceptors (Lipinski definition) is 5. The Balaban J connectivity index is 1.21. The van der Waals surface area contributed by atoms with Gasteiger partial charge in [-0.25, -0.2) is 4.57 Å². The summed E-state index contributed by atoms with van der Waals surface area (Å²) in [6, 6.07) is 21.6. The number of nitrogens with zero attached hydrogens (tertiary/aromatic N) is 6. The zero-order valence-corrected chi connectivity index (χ0v) is 36.3. The van der Waals surface area contributed by atoms with E-state index in [0.29, 0.717) is 0 Å². The predicted molar refractivity (Wildman–Crippen MR) is 245 cm³/mol. The average molecular weight is 770 g/mol. The van der Waals surface area contributed by atoms with Crippen LogP contribution in [0, 0.1) is 0 Å². The van der Waals surface area contributed by atoms with Crippen LogP contribution in [0.5, 0.6) is 0 Å². The Morgan fingerprint density at radius 2 is 1.13 bits per heavy atom. The SMILES string of the molecule is C=CC(C=Cc1ccc(N(C)C)cc1)=CC=NCCCC[N+](C)(C)CCSSCC[N+](C)(C)CCCC[n+]1ccc(C=Cc2ccc(N(C)C)cc2)cc1. The van der Waals surface area contributed by atoms with Gasteiger partial charge < -0.3 is 18.8 Å². The third-order valence-electron chi connectivity index (χ3n) is 9.65. The van der Waals surface area contributed by atoms with E-state index in [4.69, 9.17) is 0 Å². The Kier molecular flexibility index (Phi) is 20.0. The number of rotatable bonds is 25. The molecule has 1 aromatic heterocycles. The molecule has 0 N–H and O–H groups in total. The zero-order chi connectivity index (χ0) is 39.2. The van der Waals surface area contributed by atoms with Crippen LogP contribution in [0.3, 0.4) is 0 Å². The van der Waals surface area contributed by atoms with Gasteiger partial charge in [0.05, 0.1) is 65.9 Å². The fourth-order valence-electron chi connectivity index (χ4n) is 5.77. The zero-order valence-electron chi connectivity index (χ0n) is 34.7. The summed E-state index contributed by atoms with van der Waals surface area (Å²) in [6.07, 6.45) is 23.6. The molecule has 0 saturated carbocycles. The number of anilines is 2. The Morgan fingerprint density at radius 1 is 0.648 bits per heavy atom. The van der Waals surface area contributed by atoms with E-state index in [9.17, 15) is 0 Å². The Labute approximate surface area is 337 Å². The van der Waals surface area contributed by atoms with Crippen molar-refractivity contribution in [2.45, 2.75) is 32.2 Å². The molecule has 1 heterocycles. The molecule has 0 unspecified atom stereocenters. The van der Waals surface area contributed by atoms with Gasteiger partial charge in [-0.15, -0.1) is 0 Å². The van der Waals surface area contributed by atoms with Crippen LogP contribution >= 0.6 is 21.6 Å². The fraction of sp³-hybridized carbons (Fsp3) is 0.435. The van der Waals surface area contributed by atoms with Gasteiger partial charge in [-0.1, -0.05) is 82.8 Å². The third-order valence-corrected chi connectivity index (χ3v) is 12.0. The van der Waals surface area contributed by atoms with Crippen LogP contribution in [0.2, 0.25) is 0 Å². The van der Waals surface area contributed by atoms with Crippen molar-refractivity contribution in [3.63, 3.8) is 0 Å². The molecule has 8 heteroatoms. The summed E-state index contributed by atoms with van der Waals surface area (Å²) in [5, 5.41) is 0. The maximum atomic E-state index is 4.63. The highest BCUT2D eigenvalue weighted by Crippen LogP contribution is 2.23.